The van der Waals surface area contributed by atoms with Crippen LogP contribution in [0.4, 0.5) is 10.1 Å². The molecule has 0 aliphatic carbocycles. The predicted octanol–water partition coefficient (Wildman–Crippen LogP) is 3.71. The fourth-order valence-corrected chi connectivity index (χ4v) is 3.35. The topological polar surface area (TPSA) is 59.0 Å². The SMILES string of the molecule is Cc1cnn(-c2ccc(NC(=O)CC(C)C3CCCNC3)cc2F)c1.Cl. The van der Waals surface area contributed by atoms with E-state index in [1.807, 2.05) is 6.92 Å². The Kier molecular flexibility index (Phi) is 7.17. The Balaban J connectivity index is 0.00000243. The lowest BCUT2D eigenvalue weighted by molar-refractivity contribution is -0.117. The zero-order valence-corrected chi connectivity index (χ0v) is 16.0. The molecule has 1 saturated heterocycles. The molecule has 1 aromatic carbocycles. The van der Waals surface area contributed by atoms with Gasteiger partial charge in [0, 0.05) is 18.3 Å². The van der Waals surface area contributed by atoms with Crippen molar-refractivity contribution in [1.29, 1.82) is 0 Å². The Labute approximate surface area is 159 Å². The first-order chi connectivity index (χ1) is 12.0. The molecule has 7 heteroatoms. The third kappa shape index (κ3) is 5.05. The van der Waals surface area contributed by atoms with Crippen molar-refractivity contribution in [3.63, 3.8) is 0 Å². The van der Waals surface area contributed by atoms with Crippen LogP contribution >= 0.6 is 12.4 Å². The molecule has 2 heterocycles. The zero-order valence-electron chi connectivity index (χ0n) is 15.2. The maximum atomic E-state index is 14.3. The van der Waals surface area contributed by atoms with E-state index in [9.17, 15) is 9.18 Å². The van der Waals surface area contributed by atoms with Gasteiger partial charge in [0.15, 0.2) is 5.82 Å². The molecule has 2 unspecified atom stereocenters. The number of hydrogen-bond donors (Lipinski definition) is 2. The van der Waals surface area contributed by atoms with E-state index < -0.39 is 5.82 Å². The number of anilines is 1. The van der Waals surface area contributed by atoms with Gasteiger partial charge in [-0.1, -0.05) is 6.92 Å². The molecule has 1 amide bonds. The molecule has 1 aromatic heterocycles. The quantitative estimate of drug-likeness (QED) is 0.831. The minimum atomic E-state index is -0.412. The highest BCUT2D eigenvalue weighted by molar-refractivity contribution is 5.91. The predicted molar refractivity (Wildman–Crippen MR) is 104 cm³/mol. The van der Waals surface area contributed by atoms with E-state index in [1.54, 1.807) is 24.5 Å². The third-order valence-electron chi connectivity index (χ3n) is 4.84. The van der Waals surface area contributed by atoms with Crippen LogP contribution in [-0.2, 0) is 4.79 Å². The molecular formula is C19H26ClFN4O. The molecule has 0 bridgehead atoms. The molecular weight excluding hydrogens is 355 g/mol. The van der Waals surface area contributed by atoms with Crippen LogP contribution in [0.1, 0.15) is 31.7 Å². The van der Waals surface area contributed by atoms with Gasteiger partial charge >= 0.3 is 0 Å². The number of halogens is 2. The zero-order chi connectivity index (χ0) is 17.8. The fourth-order valence-electron chi connectivity index (χ4n) is 3.35. The second kappa shape index (κ2) is 9.14. The van der Waals surface area contributed by atoms with E-state index in [0.717, 1.165) is 31.5 Å². The van der Waals surface area contributed by atoms with Crippen molar-refractivity contribution in [2.75, 3.05) is 18.4 Å². The third-order valence-corrected chi connectivity index (χ3v) is 4.84. The molecule has 26 heavy (non-hydrogen) atoms. The summed E-state index contributed by atoms with van der Waals surface area (Å²) in [4.78, 5) is 12.3. The molecule has 0 spiro atoms. The lowest BCUT2D eigenvalue weighted by Crippen LogP contribution is -2.34. The lowest BCUT2D eigenvalue weighted by atomic mass is 9.85. The van der Waals surface area contributed by atoms with Gasteiger partial charge in [-0.2, -0.15) is 5.10 Å². The molecule has 0 saturated carbocycles. The average Bonchev–Trinajstić information content (AvgIpc) is 3.01. The fraction of sp³-hybridized carbons (Fsp3) is 0.474. The number of carbonyl (C=O) groups excluding carboxylic acids is 1. The highest BCUT2D eigenvalue weighted by Crippen LogP contribution is 2.24. The van der Waals surface area contributed by atoms with Gasteiger partial charge in [0.2, 0.25) is 5.91 Å². The van der Waals surface area contributed by atoms with E-state index in [4.69, 9.17) is 0 Å². The summed E-state index contributed by atoms with van der Waals surface area (Å²) in [7, 11) is 0. The number of carbonyl (C=O) groups is 1. The molecule has 3 rings (SSSR count). The Morgan fingerprint density at radius 2 is 2.31 bits per heavy atom. The number of rotatable bonds is 5. The highest BCUT2D eigenvalue weighted by atomic mass is 35.5. The number of benzene rings is 1. The molecule has 1 fully saturated rings. The summed E-state index contributed by atoms with van der Waals surface area (Å²) >= 11 is 0. The van der Waals surface area contributed by atoms with E-state index in [-0.39, 0.29) is 18.3 Å². The molecule has 5 nitrogen and oxygen atoms in total. The van der Waals surface area contributed by atoms with Crippen molar-refractivity contribution in [3.8, 4) is 5.69 Å². The summed E-state index contributed by atoms with van der Waals surface area (Å²) < 4.78 is 15.8. The van der Waals surface area contributed by atoms with Gasteiger partial charge < -0.3 is 10.6 Å². The Morgan fingerprint density at radius 3 is 2.92 bits per heavy atom. The normalized spacial score (nSPS) is 18.0. The Hall–Kier alpha value is -1.92. The van der Waals surface area contributed by atoms with E-state index in [0.29, 0.717) is 29.6 Å². The van der Waals surface area contributed by atoms with E-state index >= 15 is 0 Å². The van der Waals surface area contributed by atoms with Gasteiger partial charge in [-0.3, -0.25) is 4.79 Å². The van der Waals surface area contributed by atoms with Crippen LogP contribution in [-0.4, -0.2) is 28.8 Å². The van der Waals surface area contributed by atoms with Gasteiger partial charge in [0.1, 0.15) is 5.69 Å². The van der Waals surface area contributed by atoms with Gasteiger partial charge in [-0.15, -0.1) is 12.4 Å². The van der Waals surface area contributed by atoms with Crippen molar-refractivity contribution >= 4 is 24.0 Å². The second-order valence-corrected chi connectivity index (χ2v) is 6.96. The van der Waals surface area contributed by atoms with Crippen LogP contribution in [0.3, 0.4) is 0 Å². The smallest absolute Gasteiger partial charge is 0.224 e. The molecule has 1 aliphatic heterocycles. The first kappa shape index (κ1) is 20.4. The van der Waals surface area contributed by atoms with Crippen LogP contribution in [0, 0.1) is 24.6 Å². The summed E-state index contributed by atoms with van der Waals surface area (Å²) in [5.74, 6) is 0.358. The summed E-state index contributed by atoms with van der Waals surface area (Å²) in [6.07, 6.45) is 6.21. The first-order valence-corrected chi connectivity index (χ1v) is 8.84. The number of amides is 1. The number of aromatic nitrogens is 2. The van der Waals surface area contributed by atoms with Crippen molar-refractivity contribution in [2.24, 2.45) is 11.8 Å². The highest BCUT2D eigenvalue weighted by Gasteiger charge is 2.22. The van der Waals surface area contributed by atoms with Crippen LogP contribution in [0.25, 0.3) is 5.69 Å². The Morgan fingerprint density at radius 1 is 1.50 bits per heavy atom. The van der Waals surface area contributed by atoms with E-state index in [2.05, 4.69) is 22.7 Å². The van der Waals surface area contributed by atoms with Crippen LogP contribution in [0.2, 0.25) is 0 Å². The molecule has 2 aromatic rings. The van der Waals surface area contributed by atoms with Crippen LogP contribution < -0.4 is 10.6 Å². The monoisotopic (exact) mass is 380 g/mol. The maximum Gasteiger partial charge on any atom is 0.224 e. The van der Waals surface area contributed by atoms with Crippen LogP contribution in [0.15, 0.2) is 30.6 Å². The first-order valence-electron chi connectivity index (χ1n) is 8.84. The minimum absolute atomic E-state index is 0. The Bertz CT molecular complexity index is 743. The molecule has 142 valence electrons. The molecule has 1 aliphatic rings. The van der Waals surface area contributed by atoms with Crippen molar-refractivity contribution < 1.29 is 9.18 Å². The van der Waals surface area contributed by atoms with Gasteiger partial charge in [0.05, 0.1) is 6.20 Å². The molecule has 0 radical (unpaired) electrons. The number of nitrogens with zero attached hydrogens (tertiary/aromatic N) is 2. The largest absolute Gasteiger partial charge is 0.326 e. The number of nitrogens with one attached hydrogen (secondary N) is 2. The molecule has 2 N–H and O–H groups in total. The summed E-state index contributed by atoms with van der Waals surface area (Å²) in [5.41, 5.74) is 1.81. The summed E-state index contributed by atoms with van der Waals surface area (Å²) in [5, 5.41) is 10.3. The number of piperidine rings is 1. The average molecular weight is 381 g/mol. The summed E-state index contributed by atoms with van der Waals surface area (Å²) in [6, 6.07) is 4.68. The van der Waals surface area contributed by atoms with Gasteiger partial charge in [-0.05, 0) is 68.5 Å². The number of aryl methyl sites for hydroxylation is 1. The van der Waals surface area contributed by atoms with Gasteiger partial charge in [0.25, 0.3) is 0 Å². The minimum Gasteiger partial charge on any atom is -0.326 e. The lowest BCUT2D eigenvalue weighted by Gasteiger charge is -2.28. The van der Waals surface area contributed by atoms with Gasteiger partial charge in [-0.25, -0.2) is 9.07 Å². The second-order valence-electron chi connectivity index (χ2n) is 6.96. The van der Waals surface area contributed by atoms with Crippen LogP contribution in [0.5, 0.6) is 0 Å². The van der Waals surface area contributed by atoms with Crippen molar-refractivity contribution in [3.05, 3.63) is 42.0 Å². The number of hydrogen-bond acceptors (Lipinski definition) is 3. The maximum absolute atomic E-state index is 14.3. The standard InChI is InChI=1S/C19H25FN4O.ClH/c1-13-10-22-24(12-13)18-6-5-16(9-17(18)20)23-19(25)8-14(2)15-4-3-7-21-11-15;/h5-6,9-10,12,14-15,21H,3-4,7-8,11H2,1-2H3,(H,23,25);1H. The summed E-state index contributed by atoms with van der Waals surface area (Å²) in [6.45, 7) is 6.05. The van der Waals surface area contributed by atoms with E-state index in [1.165, 1.54) is 10.7 Å². The van der Waals surface area contributed by atoms with Crippen molar-refractivity contribution in [1.82, 2.24) is 15.1 Å². The van der Waals surface area contributed by atoms with Crippen molar-refractivity contribution in [2.45, 2.75) is 33.1 Å². The molecule has 2 atom stereocenters.